The molecule has 3 aliphatic heterocycles. The topological polar surface area (TPSA) is 86.3 Å². The average Bonchev–Trinajstić information content (AvgIpc) is 3.37. The maximum Gasteiger partial charge on any atom is 0.234 e. The van der Waals surface area contributed by atoms with E-state index in [-0.39, 0.29) is 18.4 Å². The number of carbonyl (C=O) groups excluding carboxylic acids is 2. The molecule has 0 saturated carbocycles. The maximum absolute atomic E-state index is 13.2. The summed E-state index contributed by atoms with van der Waals surface area (Å²) in [5, 5.41) is 2.82. The highest BCUT2D eigenvalue weighted by Gasteiger charge is 2.67. The normalized spacial score (nSPS) is 30.2. The Balaban J connectivity index is 1.54. The second kappa shape index (κ2) is 7.20. The molecule has 0 radical (unpaired) electrons. The molecule has 8 nitrogen and oxygen atoms in total. The van der Waals surface area contributed by atoms with Gasteiger partial charge in [-0.25, -0.2) is 0 Å². The van der Waals surface area contributed by atoms with Crippen molar-refractivity contribution >= 4 is 17.5 Å². The van der Waals surface area contributed by atoms with Crippen LogP contribution in [0.3, 0.4) is 0 Å². The van der Waals surface area contributed by atoms with Crippen molar-refractivity contribution in [3.8, 4) is 5.75 Å². The summed E-state index contributed by atoms with van der Waals surface area (Å²) in [7, 11) is 4.61. The Morgan fingerprint density at radius 2 is 2.00 bits per heavy atom. The smallest absolute Gasteiger partial charge is 0.234 e. The number of anilines is 1. The molecule has 4 rings (SSSR count). The van der Waals surface area contributed by atoms with Gasteiger partial charge in [0, 0.05) is 19.9 Å². The van der Waals surface area contributed by atoms with Crippen LogP contribution in [0.2, 0.25) is 0 Å². The summed E-state index contributed by atoms with van der Waals surface area (Å²) < 4.78 is 21.5. The first-order valence-corrected chi connectivity index (χ1v) is 9.19. The number of fused-ring (bicyclic) bond motifs is 1. The molecule has 8 heteroatoms. The summed E-state index contributed by atoms with van der Waals surface area (Å²) in [5.41, 5.74) is -0.000915. The van der Waals surface area contributed by atoms with E-state index in [1.807, 2.05) is 36.4 Å². The van der Waals surface area contributed by atoms with Gasteiger partial charge in [0.05, 0.1) is 38.1 Å². The van der Waals surface area contributed by atoms with Crippen LogP contribution in [0.15, 0.2) is 36.4 Å². The van der Waals surface area contributed by atoms with Gasteiger partial charge in [-0.15, -0.1) is 0 Å². The molecule has 4 atom stereocenters. The molecule has 3 aliphatic rings. The lowest BCUT2D eigenvalue weighted by Gasteiger charge is -2.24. The fourth-order valence-corrected chi connectivity index (χ4v) is 4.34. The number of ether oxygens (including phenoxy) is 4. The van der Waals surface area contributed by atoms with Gasteiger partial charge in [-0.1, -0.05) is 12.2 Å². The zero-order chi connectivity index (χ0) is 19.9. The highest BCUT2D eigenvalue weighted by Crippen LogP contribution is 2.52. The van der Waals surface area contributed by atoms with Gasteiger partial charge in [-0.2, -0.15) is 0 Å². The second-order valence-corrected chi connectivity index (χ2v) is 7.17. The summed E-state index contributed by atoms with van der Waals surface area (Å²) >= 11 is 0. The number of rotatable bonds is 7. The lowest BCUT2D eigenvalue weighted by molar-refractivity contribution is -0.135. The summed E-state index contributed by atoms with van der Waals surface area (Å²) in [6, 6.07) is 7.29. The fourth-order valence-electron chi connectivity index (χ4n) is 4.34. The van der Waals surface area contributed by atoms with Gasteiger partial charge < -0.3 is 29.2 Å². The van der Waals surface area contributed by atoms with Gasteiger partial charge in [0.25, 0.3) is 0 Å². The highest BCUT2D eigenvalue weighted by atomic mass is 16.7. The van der Waals surface area contributed by atoms with Crippen molar-refractivity contribution in [3.63, 3.8) is 0 Å². The molecule has 2 saturated heterocycles. The van der Waals surface area contributed by atoms with Crippen molar-refractivity contribution in [2.75, 3.05) is 39.3 Å². The third-order valence-electron chi connectivity index (χ3n) is 5.76. The van der Waals surface area contributed by atoms with Crippen molar-refractivity contribution in [1.82, 2.24) is 5.32 Å². The molecule has 2 unspecified atom stereocenters. The number of hydrogen-bond acceptors (Lipinski definition) is 6. The molecule has 150 valence electrons. The summed E-state index contributed by atoms with van der Waals surface area (Å²) in [4.78, 5) is 27.8. The molecule has 2 bridgehead atoms. The van der Waals surface area contributed by atoms with Crippen molar-refractivity contribution in [1.29, 1.82) is 0 Å². The number of amides is 2. The molecule has 3 heterocycles. The lowest BCUT2D eigenvalue weighted by atomic mass is 9.77. The van der Waals surface area contributed by atoms with E-state index in [4.69, 9.17) is 18.9 Å². The van der Waals surface area contributed by atoms with Crippen molar-refractivity contribution in [3.05, 3.63) is 36.4 Å². The first-order valence-electron chi connectivity index (χ1n) is 9.19. The summed E-state index contributed by atoms with van der Waals surface area (Å²) in [5.74, 6) is -0.741. The van der Waals surface area contributed by atoms with E-state index < -0.39 is 29.8 Å². The van der Waals surface area contributed by atoms with Gasteiger partial charge in [0.2, 0.25) is 11.8 Å². The molecular weight excluding hydrogens is 364 g/mol. The van der Waals surface area contributed by atoms with Crippen LogP contribution in [0.1, 0.15) is 0 Å². The zero-order valence-electron chi connectivity index (χ0n) is 16.1. The van der Waals surface area contributed by atoms with Crippen molar-refractivity contribution in [2.24, 2.45) is 11.8 Å². The van der Waals surface area contributed by atoms with Crippen LogP contribution in [-0.4, -0.2) is 64.2 Å². The lowest BCUT2D eigenvalue weighted by Crippen LogP contribution is -2.46. The molecule has 1 aromatic rings. The fraction of sp³-hybridized carbons (Fsp3) is 0.500. The van der Waals surface area contributed by atoms with Crippen LogP contribution in [-0.2, 0) is 23.8 Å². The van der Waals surface area contributed by atoms with Gasteiger partial charge in [-0.3, -0.25) is 9.59 Å². The molecule has 1 N–H and O–H groups in total. The largest absolute Gasteiger partial charge is 0.497 e. The molecule has 1 spiro atoms. The first-order chi connectivity index (χ1) is 13.5. The van der Waals surface area contributed by atoms with Crippen LogP contribution in [0.4, 0.5) is 5.69 Å². The first kappa shape index (κ1) is 18.9. The zero-order valence-corrected chi connectivity index (χ0v) is 16.1. The Morgan fingerprint density at radius 3 is 2.64 bits per heavy atom. The standard InChI is InChI=1S/C20H24N2O6/c1-25-13-6-4-12(5-7-13)22-11-20-9-8-14(28-20)16(17(20)19(22)24)18(23)21-10-15(26-2)27-3/h4-9,14-17H,10-11H2,1-3H3,(H,21,23)/t14-,16?,17?,20-/m0/s1. The molecule has 2 amide bonds. The summed E-state index contributed by atoms with van der Waals surface area (Å²) in [6.07, 6.45) is 2.88. The van der Waals surface area contributed by atoms with Gasteiger partial charge in [0.1, 0.15) is 11.4 Å². The maximum atomic E-state index is 13.2. The summed E-state index contributed by atoms with van der Waals surface area (Å²) in [6.45, 7) is 0.591. The van der Waals surface area contributed by atoms with Crippen LogP contribution in [0.5, 0.6) is 5.75 Å². The van der Waals surface area contributed by atoms with Crippen LogP contribution < -0.4 is 15.0 Å². The van der Waals surface area contributed by atoms with Crippen LogP contribution in [0.25, 0.3) is 0 Å². The number of nitrogens with one attached hydrogen (secondary N) is 1. The van der Waals surface area contributed by atoms with Gasteiger partial charge in [-0.05, 0) is 24.3 Å². The Labute approximate surface area is 163 Å². The SMILES string of the molecule is COc1ccc(N2C[C@]34C=C[C@H](O3)C(C(=O)NCC(OC)OC)C4C2=O)cc1. The average molecular weight is 388 g/mol. The number of hydrogen-bond donors (Lipinski definition) is 1. The molecule has 2 fully saturated rings. The Kier molecular flexibility index (Phi) is 4.86. The van der Waals surface area contributed by atoms with Crippen molar-refractivity contribution < 1.29 is 28.5 Å². The highest BCUT2D eigenvalue weighted by molar-refractivity contribution is 6.03. The monoisotopic (exact) mass is 388 g/mol. The van der Waals surface area contributed by atoms with Gasteiger partial charge >= 0.3 is 0 Å². The predicted molar refractivity (Wildman–Crippen MR) is 99.9 cm³/mol. The van der Waals surface area contributed by atoms with Crippen LogP contribution in [0, 0.1) is 11.8 Å². The number of methoxy groups -OCH3 is 3. The van der Waals surface area contributed by atoms with Crippen LogP contribution >= 0.6 is 0 Å². The van der Waals surface area contributed by atoms with E-state index in [1.54, 1.807) is 12.0 Å². The molecule has 1 aromatic carbocycles. The van der Waals surface area contributed by atoms with E-state index in [0.717, 1.165) is 5.69 Å². The van der Waals surface area contributed by atoms with E-state index >= 15 is 0 Å². The van der Waals surface area contributed by atoms with Crippen molar-refractivity contribution in [2.45, 2.75) is 18.0 Å². The Hall–Kier alpha value is -2.42. The molecular formula is C20H24N2O6. The van der Waals surface area contributed by atoms with E-state index in [2.05, 4.69) is 5.32 Å². The number of nitrogens with zero attached hydrogens (tertiary/aromatic N) is 1. The molecule has 28 heavy (non-hydrogen) atoms. The molecule has 0 aliphatic carbocycles. The van der Waals surface area contributed by atoms with E-state index in [9.17, 15) is 9.59 Å². The minimum atomic E-state index is -0.758. The number of benzene rings is 1. The third kappa shape index (κ3) is 2.88. The van der Waals surface area contributed by atoms with Gasteiger partial charge in [0.15, 0.2) is 6.29 Å². The number of carbonyl (C=O) groups is 2. The minimum Gasteiger partial charge on any atom is -0.497 e. The van der Waals surface area contributed by atoms with E-state index in [1.165, 1.54) is 14.2 Å². The third-order valence-corrected chi connectivity index (χ3v) is 5.76. The molecule has 0 aromatic heterocycles. The van der Waals surface area contributed by atoms with E-state index in [0.29, 0.717) is 12.3 Å². The quantitative estimate of drug-likeness (QED) is 0.547. The minimum absolute atomic E-state index is 0.104. The predicted octanol–water partition coefficient (Wildman–Crippen LogP) is 0.717. The second-order valence-electron chi connectivity index (χ2n) is 7.17. The Bertz CT molecular complexity index is 790. The Morgan fingerprint density at radius 1 is 1.29 bits per heavy atom.